The fourth-order valence-electron chi connectivity index (χ4n) is 2.25. The summed E-state index contributed by atoms with van der Waals surface area (Å²) in [6.45, 7) is 13.1. The Kier molecular flexibility index (Phi) is 5.82. The number of aliphatic hydroxyl groups is 1. The van der Waals surface area contributed by atoms with Gasteiger partial charge in [-0.1, -0.05) is 19.1 Å². The van der Waals surface area contributed by atoms with Crippen molar-refractivity contribution in [2.45, 2.75) is 33.3 Å². The standard InChI is InChI=1S/C14H26N2O2/c1-5-16(8-11(2)3)14(18)10-15-7-6-12(4)13(17)9-15/h12-13,17H,2,5-10H2,1,3-4H3. The lowest BCUT2D eigenvalue weighted by Crippen LogP contribution is -2.48. The van der Waals surface area contributed by atoms with Gasteiger partial charge in [0, 0.05) is 19.6 Å². The van der Waals surface area contributed by atoms with E-state index in [-0.39, 0.29) is 12.0 Å². The maximum Gasteiger partial charge on any atom is 0.237 e. The molecule has 1 fully saturated rings. The van der Waals surface area contributed by atoms with E-state index in [1.54, 1.807) is 0 Å². The molecular formula is C14H26N2O2. The number of nitrogens with zero attached hydrogens (tertiary/aromatic N) is 2. The van der Waals surface area contributed by atoms with Gasteiger partial charge in [0.1, 0.15) is 0 Å². The summed E-state index contributed by atoms with van der Waals surface area (Å²) in [4.78, 5) is 16.0. The predicted octanol–water partition coefficient (Wildman–Crippen LogP) is 1.11. The van der Waals surface area contributed by atoms with Crippen LogP contribution in [0.3, 0.4) is 0 Å². The van der Waals surface area contributed by atoms with Gasteiger partial charge in [-0.15, -0.1) is 0 Å². The van der Waals surface area contributed by atoms with Gasteiger partial charge in [0.15, 0.2) is 0 Å². The fraction of sp³-hybridized carbons (Fsp3) is 0.786. The number of hydrogen-bond donors (Lipinski definition) is 1. The van der Waals surface area contributed by atoms with Crippen LogP contribution in [0.5, 0.6) is 0 Å². The highest BCUT2D eigenvalue weighted by molar-refractivity contribution is 5.78. The summed E-state index contributed by atoms with van der Waals surface area (Å²) >= 11 is 0. The Morgan fingerprint density at radius 1 is 1.56 bits per heavy atom. The Morgan fingerprint density at radius 2 is 2.22 bits per heavy atom. The van der Waals surface area contributed by atoms with Crippen molar-refractivity contribution in [1.29, 1.82) is 0 Å². The van der Waals surface area contributed by atoms with Crippen LogP contribution < -0.4 is 0 Å². The zero-order valence-corrected chi connectivity index (χ0v) is 11.9. The van der Waals surface area contributed by atoms with Crippen molar-refractivity contribution in [3.05, 3.63) is 12.2 Å². The highest BCUT2D eigenvalue weighted by Gasteiger charge is 2.26. The highest BCUT2D eigenvalue weighted by Crippen LogP contribution is 2.16. The minimum absolute atomic E-state index is 0.127. The highest BCUT2D eigenvalue weighted by atomic mass is 16.3. The largest absolute Gasteiger partial charge is 0.392 e. The van der Waals surface area contributed by atoms with E-state index in [4.69, 9.17) is 0 Å². The van der Waals surface area contributed by atoms with Crippen LogP contribution in [0, 0.1) is 5.92 Å². The first-order chi connectivity index (χ1) is 8.43. The summed E-state index contributed by atoms with van der Waals surface area (Å²) in [5.41, 5.74) is 0.998. The predicted molar refractivity (Wildman–Crippen MR) is 73.3 cm³/mol. The van der Waals surface area contributed by atoms with E-state index in [2.05, 4.69) is 13.5 Å². The van der Waals surface area contributed by atoms with Crippen molar-refractivity contribution in [3.8, 4) is 0 Å². The zero-order chi connectivity index (χ0) is 13.7. The number of likely N-dealkylation sites (tertiary alicyclic amines) is 1. The SMILES string of the molecule is C=C(C)CN(CC)C(=O)CN1CCC(C)C(O)C1. The molecule has 1 heterocycles. The Labute approximate surface area is 110 Å². The Hall–Kier alpha value is -0.870. The molecule has 0 aromatic heterocycles. The van der Waals surface area contributed by atoms with E-state index in [1.807, 2.05) is 23.6 Å². The number of piperidine rings is 1. The lowest BCUT2D eigenvalue weighted by molar-refractivity contribution is -0.132. The first kappa shape index (κ1) is 15.2. The molecule has 1 rings (SSSR count). The topological polar surface area (TPSA) is 43.8 Å². The lowest BCUT2D eigenvalue weighted by atomic mass is 9.96. The molecule has 0 aromatic carbocycles. The number of rotatable bonds is 5. The third kappa shape index (κ3) is 4.42. The van der Waals surface area contributed by atoms with Crippen LogP contribution in [-0.2, 0) is 4.79 Å². The van der Waals surface area contributed by atoms with Crippen molar-refractivity contribution >= 4 is 5.91 Å². The molecule has 1 N–H and O–H groups in total. The van der Waals surface area contributed by atoms with E-state index in [1.165, 1.54) is 0 Å². The van der Waals surface area contributed by atoms with Gasteiger partial charge < -0.3 is 10.0 Å². The third-order valence-corrected chi connectivity index (χ3v) is 3.56. The van der Waals surface area contributed by atoms with Gasteiger partial charge in [-0.3, -0.25) is 9.69 Å². The summed E-state index contributed by atoms with van der Waals surface area (Å²) in [6, 6.07) is 0. The molecule has 0 spiro atoms. The maximum atomic E-state index is 12.1. The number of β-amino-alcohol motifs (C(OH)–C–C–N with tert-alkyl or cyclic N) is 1. The first-order valence-electron chi connectivity index (χ1n) is 6.76. The van der Waals surface area contributed by atoms with E-state index in [0.29, 0.717) is 32.1 Å². The summed E-state index contributed by atoms with van der Waals surface area (Å²) < 4.78 is 0. The van der Waals surface area contributed by atoms with Gasteiger partial charge in [-0.05, 0) is 32.7 Å². The Balaban J connectivity index is 2.45. The zero-order valence-electron chi connectivity index (χ0n) is 11.9. The molecule has 0 radical (unpaired) electrons. The molecular weight excluding hydrogens is 228 g/mol. The second kappa shape index (κ2) is 6.90. The summed E-state index contributed by atoms with van der Waals surface area (Å²) in [6.07, 6.45) is 0.656. The van der Waals surface area contributed by atoms with Crippen molar-refractivity contribution in [3.63, 3.8) is 0 Å². The van der Waals surface area contributed by atoms with Crippen LogP contribution >= 0.6 is 0 Å². The molecule has 1 aliphatic heterocycles. The summed E-state index contributed by atoms with van der Waals surface area (Å²) in [5, 5.41) is 9.82. The quantitative estimate of drug-likeness (QED) is 0.748. The van der Waals surface area contributed by atoms with Gasteiger partial charge >= 0.3 is 0 Å². The van der Waals surface area contributed by atoms with Crippen LogP contribution in [0.4, 0.5) is 0 Å². The number of carbonyl (C=O) groups is 1. The summed E-state index contributed by atoms with van der Waals surface area (Å²) in [5.74, 6) is 0.469. The Morgan fingerprint density at radius 3 is 2.72 bits per heavy atom. The van der Waals surface area contributed by atoms with E-state index < -0.39 is 0 Å². The number of hydrogen-bond acceptors (Lipinski definition) is 3. The second-order valence-corrected chi connectivity index (χ2v) is 5.43. The number of carbonyl (C=O) groups excluding carboxylic acids is 1. The number of aliphatic hydroxyl groups excluding tert-OH is 1. The van der Waals surface area contributed by atoms with Crippen molar-refractivity contribution < 1.29 is 9.90 Å². The molecule has 0 saturated carbocycles. The second-order valence-electron chi connectivity index (χ2n) is 5.43. The molecule has 18 heavy (non-hydrogen) atoms. The van der Waals surface area contributed by atoms with Crippen LogP contribution in [0.15, 0.2) is 12.2 Å². The lowest BCUT2D eigenvalue weighted by Gasteiger charge is -2.35. The molecule has 4 heteroatoms. The molecule has 4 nitrogen and oxygen atoms in total. The number of amides is 1. The molecule has 1 aliphatic rings. The molecule has 2 unspecified atom stereocenters. The van der Waals surface area contributed by atoms with Crippen LogP contribution in [0.1, 0.15) is 27.2 Å². The van der Waals surface area contributed by atoms with Gasteiger partial charge in [-0.2, -0.15) is 0 Å². The van der Waals surface area contributed by atoms with Gasteiger partial charge in [0.05, 0.1) is 12.6 Å². The average Bonchev–Trinajstić information content (AvgIpc) is 2.30. The molecule has 0 aliphatic carbocycles. The maximum absolute atomic E-state index is 12.1. The smallest absolute Gasteiger partial charge is 0.237 e. The van der Waals surface area contributed by atoms with Crippen molar-refractivity contribution in [2.24, 2.45) is 5.92 Å². The van der Waals surface area contributed by atoms with Crippen LogP contribution in [0.25, 0.3) is 0 Å². The van der Waals surface area contributed by atoms with Crippen molar-refractivity contribution in [2.75, 3.05) is 32.7 Å². The van der Waals surface area contributed by atoms with Crippen LogP contribution in [0.2, 0.25) is 0 Å². The molecule has 0 bridgehead atoms. The Bertz CT molecular complexity index is 304. The first-order valence-corrected chi connectivity index (χ1v) is 6.76. The monoisotopic (exact) mass is 254 g/mol. The number of likely N-dealkylation sites (N-methyl/N-ethyl adjacent to an activating group) is 1. The van der Waals surface area contributed by atoms with E-state index >= 15 is 0 Å². The molecule has 2 atom stereocenters. The minimum Gasteiger partial charge on any atom is -0.392 e. The summed E-state index contributed by atoms with van der Waals surface area (Å²) in [7, 11) is 0. The average molecular weight is 254 g/mol. The van der Waals surface area contributed by atoms with Crippen LogP contribution in [-0.4, -0.2) is 59.6 Å². The van der Waals surface area contributed by atoms with Gasteiger partial charge in [-0.25, -0.2) is 0 Å². The van der Waals surface area contributed by atoms with Gasteiger partial charge in [0.2, 0.25) is 5.91 Å². The molecule has 104 valence electrons. The van der Waals surface area contributed by atoms with Crippen molar-refractivity contribution in [1.82, 2.24) is 9.80 Å². The third-order valence-electron chi connectivity index (χ3n) is 3.56. The molecule has 1 saturated heterocycles. The van der Waals surface area contributed by atoms with E-state index in [9.17, 15) is 9.90 Å². The minimum atomic E-state index is -0.303. The normalized spacial score (nSPS) is 24.9. The molecule has 0 aromatic rings. The van der Waals surface area contributed by atoms with Gasteiger partial charge in [0.25, 0.3) is 0 Å². The molecule has 1 amide bonds. The van der Waals surface area contributed by atoms with E-state index in [0.717, 1.165) is 18.5 Å². The fourth-order valence-corrected chi connectivity index (χ4v) is 2.25.